The number of hydrogen-bond acceptors (Lipinski definition) is 3. The van der Waals surface area contributed by atoms with E-state index in [1.807, 2.05) is 0 Å². The highest BCUT2D eigenvalue weighted by molar-refractivity contribution is 5.91. The molecular formula is C10H10FNO3. The number of carboxylic acids is 1. The van der Waals surface area contributed by atoms with Gasteiger partial charge in [-0.2, -0.15) is 0 Å². The van der Waals surface area contributed by atoms with Gasteiger partial charge >= 0.3 is 5.97 Å². The van der Waals surface area contributed by atoms with Crippen LogP contribution in [0.3, 0.4) is 0 Å². The summed E-state index contributed by atoms with van der Waals surface area (Å²) < 4.78 is 13.3. The van der Waals surface area contributed by atoms with Crippen molar-refractivity contribution < 1.29 is 19.4 Å². The minimum absolute atomic E-state index is 0.259. The Morgan fingerprint density at radius 2 is 2.20 bits per heavy atom. The summed E-state index contributed by atoms with van der Waals surface area (Å²) in [6.45, 7) is 3.34. The third-order valence-electron chi connectivity index (χ3n) is 1.98. The smallest absolute Gasteiger partial charge is 0.339 e. The van der Waals surface area contributed by atoms with Crippen molar-refractivity contribution >= 4 is 5.97 Å². The molecule has 0 saturated carbocycles. The Morgan fingerprint density at radius 1 is 1.60 bits per heavy atom. The van der Waals surface area contributed by atoms with Crippen molar-refractivity contribution in [2.75, 3.05) is 0 Å². The highest BCUT2D eigenvalue weighted by atomic mass is 19.1. The summed E-state index contributed by atoms with van der Waals surface area (Å²) >= 11 is 0. The zero-order chi connectivity index (χ0) is 11.6. The fraction of sp³-hybridized carbons (Fsp3) is 0.100. The highest BCUT2D eigenvalue weighted by Gasteiger charge is 2.20. The minimum Gasteiger partial charge on any atom is -0.507 e. The Kier molecular flexibility index (Phi) is 3.06. The normalized spacial score (nSPS) is 12.1. The summed E-state index contributed by atoms with van der Waals surface area (Å²) in [4.78, 5) is 10.6. The zero-order valence-electron chi connectivity index (χ0n) is 7.77. The van der Waals surface area contributed by atoms with Crippen LogP contribution in [0.15, 0.2) is 24.8 Å². The second kappa shape index (κ2) is 4.10. The maximum Gasteiger partial charge on any atom is 0.339 e. The molecule has 1 atom stereocenters. The first-order valence-corrected chi connectivity index (χ1v) is 4.11. The lowest BCUT2D eigenvalue weighted by atomic mass is 10.0. The Balaban J connectivity index is 3.42. The summed E-state index contributed by atoms with van der Waals surface area (Å²) in [5.41, 5.74) is 4.81. The van der Waals surface area contributed by atoms with E-state index in [1.165, 1.54) is 6.08 Å². The second-order valence-electron chi connectivity index (χ2n) is 2.92. The van der Waals surface area contributed by atoms with Crippen LogP contribution < -0.4 is 5.73 Å². The molecule has 0 amide bonds. The number of aromatic carboxylic acids is 1. The number of aromatic hydroxyl groups is 1. The molecule has 0 aliphatic rings. The summed E-state index contributed by atoms with van der Waals surface area (Å²) in [6, 6.07) is 0.984. The van der Waals surface area contributed by atoms with Crippen molar-refractivity contribution in [3.05, 3.63) is 41.7 Å². The summed E-state index contributed by atoms with van der Waals surface area (Å²) in [5, 5.41) is 18.2. The fourth-order valence-electron chi connectivity index (χ4n) is 1.19. The predicted molar refractivity (Wildman–Crippen MR) is 52.1 cm³/mol. The quantitative estimate of drug-likeness (QED) is 0.660. The van der Waals surface area contributed by atoms with Crippen molar-refractivity contribution in [1.29, 1.82) is 0 Å². The average Bonchev–Trinajstić information content (AvgIpc) is 2.16. The van der Waals surface area contributed by atoms with Crippen LogP contribution in [0, 0.1) is 5.82 Å². The molecule has 1 aromatic carbocycles. The molecule has 4 nitrogen and oxygen atoms in total. The number of carboxylic acid groups (broad SMARTS) is 1. The molecule has 0 spiro atoms. The first-order chi connectivity index (χ1) is 6.99. The first-order valence-electron chi connectivity index (χ1n) is 4.11. The largest absolute Gasteiger partial charge is 0.507 e. The van der Waals surface area contributed by atoms with Gasteiger partial charge in [-0.25, -0.2) is 9.18 Å². The van der Waals surface area contributed by atoms with E-state index in [1.54, 1.807) is 0 Å². The molecule has 0 radical (unpaired) electrons. The lowest BCUT2D eigenvalue weighted by Gasteiger charge is -2.11. The fourth-order valence-corrected chi connectivity index (χ4v) is 1.19. The van der Waals surface area contributed by atoms with Gasteiger partial charge in [-0.1, -0.05) is 6.08 Å². The van der Waals surface area contributed by atoms with Crippen molar-refractivity contribution in [2.45, 2.75) is 6.04 Å². The molecule has 0 unspecified atom stereocenters. The number of halogens is 1. The molecule has 0 saturated heterocycles. The summed E-state index contributed by atoms with van der Waals surface area (Å²) in [6.07, 6.45) is 1.21. The number of hydrogen-bond donors (Lipinski definition) is 3. The van der Waals surface area contributed by atoms with Gasteiger partial charge in [0.05, 0.1) is 11.6 Å². The van der Waals surface area contributed by atoms with Crippen LogP contribution in [0.5, 0.6) is 5.75 Å². The molecule has 0 aliphatic carbocycles. The Hall–Kier alpha value is -1.88. The average molecular weight is 211 g/mol. The van der Waals surface area contributed by atoms with Gasteiger partial charge in [-0.15, -0.1) is 6.58 Å². The third kappa shape index (κ3) is 1.97. The van der Waals surface area contributed by atoms with Gasteiger partial charge in [-0.05, 0) is 12.1 Å². The number of nitrogens with two attached hydrogens (primary N) is 1. The molecule has 0 aromatic heterocycles. The van der Waals surface area contributed by atoms with Gasteiger partial charge in [-0.3, -0.25) is 0 Å². The molecule has 0 aliphatic heterocycles. The van der Waals surface area contributed by atoms with Gasteiger partial charge < -0.3 is 15.9 Å². The lowest BCUT2D eigenvalue weighted by Crippen LogP contribution is -2.11. The van der Waals surface area contributed by atoms with Crippen molar-refractivity contribution in [3.63, 3.8) is 0 Å². The van der Waals surface area contributed by atoms with Crippen molar-refractivity contribution in [2.24, 2.45) is 5.73 Å². The van der Waals surface area contributed by atoms with E-state index < -0.39 is 23.6 Å². The first kappa shape index (κ1) is 11.2. The van der Waals surface area contributed by atoms with Gasteiger partial charge in [0.2, 0.25) is 0 Å². The van der Waals surface area contributed by atoms with Crippen LogP contribution in [0.25, 0.3) is 0 Å². The van der Waals surface area contributed by atoms with Gasteiger partial charge in [0, 0.05) is 0 Å². The molecule has 0 fully saturated rings. The van der Waals surface area contributed by atoms with E-state index in [0.717, 1.165) is 12.1 Å². The topological polar surface area (TPSA) is 83.6 Å². The van der Waals surface area contributed by atoms with E-state index in [0.29, 0.717) is 0 Å². The molecule has 1 rings (SSSR count). The molecule has 5 heteroatoms. The number of rotatable bonds is 3. The molecule has 4 N–H and O–H groups in total. The molecular weight excluding hydrogens is 201 g/mol. The molecule has 0 bridgehead atoms. The van der Waals surface area contributed by atoms with Crippen LogP contribution in [-0.4, -0.2) is 16.2 Å². The van der Waals surface area contributed by atoms with E-state index >= 15 is 0 Å². The van der Waals surface area contributed by atoms with Gasteiger partial charge in [0.25, 0.3) is 0 Å². The summed E-state index contributed by atoms with van der Waals surface area (Å²) in [5.74, 6) is -2.76. The molecule has 80 valence electrons. The standard InChI is InChI=1S/C10H10FNO3/c1-2-7(12)8-6(11)4-3-5(9(8)13)10(14)15/h2-4,7,13H,1,12H2,(H,14,15)/t7-/m0/s1. The highest BCUT2D eigenvalue weighted by Crippen LogP contribution is 2.30. The second-order valence-corrected chi connectivity index (χ2v) is 2.92. The lowest BCUT2D eigenvalue weighted by molar-refractivity contribution is 0.0693. The van der Waals surface area contributed by atoms with E-state index in [2.05, 4.69) is 6.58 Å². The molecule has 15 heavy (non-hydrogen) atoms. The van der Waals surface area contributed by atoms with Crippen molar-refractivity contribution in [1.82, 2.24) is 0 Å². The van der Waals surface area contributed by atoms with Crippen LogP contribution in [0.4, 0.5) is 4.39 Å². The number of benzene rings is 1. The Morgan fingerprint density at radius 3 is 2.67 bits per heavy atom. The van der Waals surface area contributed by atoms with Crippen LogP contribution in [0.2, 0.25) is 0 Å². The van der Waals surface area contributed by atoms with Crippen LogP contribution in [-0.2, 0) is 0 Å². The SMILES string of the molecule is C=C[C@H](N)c1c(F)ccc(C(=O)O)c1O. The summed E-state index contributed by atoms with van der Waals surface area (Å²) in [7, 11) is 0. The number of carbonyl (C=O) groups is 1. The van der Waals surface area contributed by atoms with E-state index in [4.69, 9.17) is 10.8 Å². The Labute approximate surface area is 85.5 Å². The van der Waals surface area contributed by atoms with E-state index in [-0.39, 0.29) is 11.1 Å². The van der Waals surface area contributed by atoms with E-state index in [9.17, 15) is 14.3 Å². The maximum atomic E-state index is 13.3. The number of phenols is 1. The van der Waals surface area contributed by atoms with Gasteiger partial charge in [0.1, 0.15) is 17.1 Å². The van der Waals surface area contributed by atoms with Crippen molar-refractivity contribution in [3.8, 4) is 5.75 Å². The predicted octanol–water partition coefficient (Wildman–Crippen LogP) is 1.42. The minimum atomic E-state index is -1.34. The van der Waals surface area contributed by atoms with Crippen LogP contribution >= 0.6 is 0 Å². The molecule has 1 aromatic rings. The maximum absolute atomic E-state index is 13.3. The monoisotopic (exact) mass is 211 g/mol. The zero-order valence-corrected chi connectivity index (χ0v) is 7.77. The van der Waals surface area contributed by atoms with Gasteiger partial charge in [0.15, 0.2) is 0 Å². The Bertz CT molecular complexity index is 417. The third-order valence-corrected chi connectivity index (χ3v) is 1.98. The molecule has 0 heterocycles. The van der Waals surface area contributed by atoms with Crippen LogP contribution in [0.1, 0.15) is 22.0 Å².